The van der Waals surface area contributed by atoms with Crippen LogP contribution in [-0.2, 0) is 12.7 Å². The van der Waals surface area contributed by atoms with Crippen LogP contribution in [0.2, 0.25) is 5.02 Å². The molecule has 1 aromatic heterocycles. The van der Waals surface area contributed by atoms with Gasteiger partial charge in [0.15, 0.2) is 0 Å². The predicted octanol–water partition coefficient (Wildman–Crippen LogP) is 4.87. The molecule has 0 spiro atoms. The summed E-state index contributed by atoms with van der Waals surface area (Å²) in [4.78, 5) is 0. The van der Waals surface area contributed by atoms with Gasteiger partial charge in [-0.1, -0.05) is 11.6 Å². The Kier molecular flexibility index (Phi) is 3.75. The molecule has 2 aromatic rings. The van der Waals surface area contributed by atoms with E-state index in [-0.39, 0.29) is 17.3 Å². The number of aryl methyl sites for hydroxylation is 1. The van der Waals surface area contributed by atoms with Gasteiger partial charge in [-0.15, -0.1) is 0 Å². The molecule has 0 fully saturated rings. The number of hydrogen-bond donors (Lipinski definition) is 1. The van der Waals surface area contributed by atoms with Crippen LogP contribution in [0.15, 0.2) is 34.9 Å². The van der Waals surface area contributed by atoms with Crippen LogP contribution in [0.5, 0.6) is 0 Å². The summed E-state index contributed by atoms with van der Waals surface area (Å²) >= 11 is 5.87. The van der Waals surface area contributed by atoms with Crippen LogP contribution >= 0.6 is 11.6 Å². The molecular formula is C13H11ClF3NO. The Morgan fingerprint density at radius 1 is 1.26 bits per heavy atom. The zero-order valence-electron chi connectivity index (χ0n) is 10.0. The molecule has 0 radical (unpaired) electrons. The van der Waals surface area contributed by atoms with E-state index in [0.717, 1.165) is 17.7 Å². The Bertz CT molecular complexity index is 578. The van der Waals surface area contributed by atoms with Crippen molar-refractivity contribution < 1.29 is 17.6 Å². The Hall–Kier alpha value is -1.62. The first kappa shape index (κ1) is 13.8. The van der Waals surface area contributed by atoms with Gasteiger partial charge in [0.2, 0.25) is 0 Å². The molecule has 2 nitrogen and oxygen atoms in total. The Balaban J connectivity index is 2.18. The molecule has 6 heteroatoms. The third-order valence-corrected chi connectivity index (χ3v) is 3.03. The third-order valence-electron chi connectivity index (χ3n) is 2.70. The predicted molar refractivity (Wildman–Crippen MR) is 67.2 cm³/mol. The fourth-order valence-electron chi connectivity index (χ4n) is 1.60. The van der Waals surface area contributed by atoms with Crippen molar-refractivity contribution in [3.63, 3.8) is 0 Å². The molecule has 0 aliphatic heterocycles. The minimum Gasteiger partial charge on any atom is -0.467 e. The second-order valence-electron chi connectivity index (χ2n) is 4.07. The molecule has 0 atom stereocenters. The second-order valence-corrected chi connectivity index (χ2v) is 4.48. The maximum absolute atomic E-state index is 12.6. The zero-order chi connectivity index (χ0) is 14.0. The number of anilines is 1. The largest absolute Gasteiger partial charge is 0.467 e. The van der Waals surface area contributed by atoms with Crippen LogP contribution in [0.1, 0.15) is 16.9 Å². The summed E-state index contributed by atoms with van der Waals surface area (Å²) in [5, 5.41) is 3.08. The van der Waals surface area contributed by atoms with Crippen molar-refractivity contribution in [1.29, 1.82) is 0 Å². The number of nitrogens with one attached hydrogen (secondary N) is 1. The minimum absolute atomic E-state index is 0.229. The Morgan fingerprint density at radius 3 is 2.58 bits per heavy atom. The van der Waals surface area contributed by atoms with Crippen molar-refractivity contribution in [3.05, 3.63) is 52.4 Å². The van der Waals surface area contributed by atoms with Crippen LogP contribution in [0, 0.1) is 6.92 Å². The molecule has 1 aromatic carbocycles. The summed E-state index contributed by atoms with van der Waals surface area (Å²) in [5.74, 6) is 0.661. The summed E-state index contributed by atoms with van der Waals surface area (Å²) in [7, 11) is 0. The van der Waals surface area contributed by atoms with E-state index in [2.05, 4.69) is 5.32 Å². The molecule has 1 heterocycles. The highest BCUT2D eigenvalue weighted by Crippen LogP contribution is 2.34. The lowest BCUT2D eigenvalue weighted by Gasteiger charge is -2.12. The lowest BCUT2D eigenvalue weighted by Crippen LogP contribution is -2.07. The van der Waals surface area contributed by atoms with E-state index >= 15 is 0 Å². The highest BCUT2D eigenvalue weighted by molar-refractivity contribution is 6.33. The quantitative estimate of drug-likeness (QED) is 0.872. The zero-order valence-corrected chi connectivity index (χ0v) is 10.8. The molecule has 2 rings (SSSR count). The number of rotatable bonds is 3. The van der Waals surface area contributed by atoms with Crippen molar-refractivity contribution in [3.8, 4) is 0 Å². The molecule has 0 bridgehead atoms. The van der Waals surface area contributed by atoms with Gasteiger partial charge in [-0.2, -0.15) is 13.2 Å². The van der Waals surface area contributed by atoms with Gasteiger partial charge in [0.05, 0.1) is 29.1 Å². The molecule has 19 heavy (non-hydrogen) atoms. The van der Waals surface area contributed by atoms with Crippen molar-refractivity contribution in [2.45, 2.75) is 19.6 Å². The second kappa shape index (κ2) is 5.17. The van der Waals surface area contributed by atoms with Crippen molar-refractivity contribution in [2.24, 2.45) is 0 Å². The lowest BCUT2D eigenvalue weighted by molar-refractivity contribution is -0.137. The van der Waals surface area contributed by atoms with Crippen molar-refractivity contribution in [2.75, 3.05) is 5.32 Å². The van der Waals surface area contributed by atoms with E-state index in [1.165, 1.54) is 12.3 Å². The van der Waals surface area contributed by atoms with Gasteiger partial charge in [-0.05, 0) is 36.8 Å². The van der Waals surface area contributed by atoms with Gasteiger partial charge in [-0.3, -0.25) is 0 Å². The fraction of sp³-hybridized carbons (Fsp3) is 0.231. The Labute approximate surface area is 113 Å². The minimum atomic E-state index is -4.39. The van der Waals surface area contributed by atoms with Gasteiger partial charge in [0.25, 0.3) is 0 Å². The summed E-state index contributed by atoms with van der Waals surface area (Å²) in [6.45, 7) is 2.13. The van der Waals surface area contributed by atoms with E-state index < -0.39 is 11.7 Å². The molecule has 0 saturated heterocycles. The Morgan fingerprint density at radius 2 is 2.00 bits per heavy atom. The van der Waals surface area contributed by atoms with Crippen LogP contribution in [-0.4, -0.2) is 0 Å². The van der Waals surface area contributed by atoms with E-state index in [0.29, 0.717) is 5.76 Å². The third kappa shape index (κ3) is 3.23. The van der Waals surface area contributed by atoms with Gasteiger partial charge >= 0.3 is 6.18 Å². The molecule has 0 amide bonds. The first-order chi connectivity index (χ1) is 8.88. The van der Waals surface area contributed by atoms with Crippen molar-refractivity contribution in [1.82, 2.24) is 0 Å². The first-order valence-corrected chi connectivity index (χ1v) is 5.89. The summed E-state index contributed by atoms with van der Waals surface area (Å²) in [5.41, 5.74) is 0.415. The van der Waals surface area contributed by atoms with Gasteiger partial charge in [0.1, 0.15) is 5.76 Å². The number of furan rings is 1. The highest BCUT2D eigenvalue weighted by atomic mass is 35.5. The highest BCUT2D eigenvalue weighted by Gasteiger charge is 2.30. The molecule has 0 aliphatic carbocycles. The molecular weight excluding hydrogens is 279 g/mol. The van der Waals surface area contributed by atoms with E-state index in [1.807, 2.05) is 6.92 Å². The van der Waals surface area contributed by atoms with E-state index in [4.69, 9.17) is 16.0 Å². The van der Waals surface area contributed by atoms with Crippen LogP contribution < -0.4 is 5.32 Å². The molecule has 102 valence electrons. The first-order valence-electron chi connectivity index (χ1n) is 5.51. The lowest BCUT2D eigenvalue weighted by atomic mass is 10.2. The summed E-state index contributed by atoms with van der Waals surface area (Å²) < 4.78 is 43.0. The fourth-order valence-corrected chi connectivity index (χ4v) is 1.78. The monoisotopic (exact) mass is 289 g/mol. The number of hydrogen-bond acceptors (Lipinski definition) is 2. The van der Waals surface area contributed by atoms with Gasteiger partial charge < -0.3 is 9.73 Å². The van der Waals surface area contributed by atoms with Crippen LogP contribution in [0.3, 0.4) is 0 Å². The number of halogens is 4. The topological polar surface area (TPSA) is 25.2 Å². The summed E-state index contributed by atoms with van der Waals surface area (Å²) in [6, 6.07) is 4.94. The standard InChI is InChI=1S/C13H11ClF3NO/c1-8-4-5-19-12(8)7-18-11-6-9(13(15,16)17)2-3-10(11)14/h2-6,18H,7H2,1H3. The maximum atomic E-state index is 12.6. The molecule has 1 N–H and O–H groups in total. The average molecular weight is 290 g/mol. The average Bonchev–Trinajstić information content (AvgIpc) is 2.72. The van der Waals surface area contributed by atoms with Crippen LogP contribution in [0.4, 0.5) is 18.9 Å². The van der Waals surface area contributed by atoms with E-state index in [9.17, 15) is 13.2 Å². The van der Waals surface area contributed by atoms with Gasteiger partial charge in [0, 0.05) is 0 Å². The molecule has 0 unspecified atom stereocenters. The summed E-state index contributed by atoms with van der Waals surface area (Å²) in [6.07, 6.45) is -2.86. The maximum Gasteiger partial charge on any atom is 0.416 e. The number of benzene rings is 1. The van der Waals surface area contributed by atoms with Crippen LogP contribution in [0.25, 0.3) is 0 Å². The van der Waals surface area contributed by atoms with Gasteiger partial charge in [-0.25, -0.2) is 0 Å². The normalized spacial score (nSPS) is 11.6. The SMILES string of the molecule is Cc1ccoc1CNc1cc(C(F)(F)F)ccc1Cl. The van der Waals surface area contributed by atoms with Crippen molar-refractivity contribution >= 4 is 17.3 Å². The van der Waals surface area contributed by atoms with E-state index in [1.54, 1.807) is 6.07 Å². The smallest absolute Gasteiger partial charge is 0.416 e. The number of alkyl halides is 3. The molecule has 0 aliphatic rings. The molecule has 0 saturated carbocycles.